The van der Waals surface area contributed by atoms with Gasteiger partial charge in [0.1, 0.15) is 29.9 Å². The van der Waals surface area contributed by atoms with Crippen molar-refractivity contribution < 1.29 is 34.5 Å². The number of nitrogens with two attached hydrogens (primary N) is 2. The van der Waals surface area contributed by atoms with Crippen LogP contribution in [0.5, 0.6) is 5.75 Å². The number of unbranched alkanes of at least 4 members (excludes halogenated alkanes) is 1. The van der Waals surface area contributed by atoms with E-state index in [0.29, 0.717) is 24.9 Å². The van der Waals surface area contributed by atoms with Crippen LogP contribution in [0.15, 0.2) is 24.3 Å². The molecule has 3 amide bonds. The molecule has 0 bridgehead atoms. The fourth-order valence-electron chi connectivity index (χ4n) is 2.85. The van der Waals surface area contributed by atoms with Crippen LogP contribution in [0.1, 0.15) is 31.7 Å². The Morgan fingerprint density at radius 1 is 0.939 bits per heavy atom. The SMILES string of the molecule is CC(NC(=O)C(Cc1ccc(O)cc1)NC(=O)C(CCCCN)NC(=O)C(N)CO)C(=O)O. The van der Waals surface area contributed by atoms with Crippen LogP contribution >= 0.6 is 0 Å². The number of carboxylic acids is 1. The third-order valence-corrected chi connectivity index (χ3v) is 4.85. The van der Waals surface area contributed by atoms with Crippen molar-refractivity contribution in [3.8, 4) is 5.75 Å². The highest BCUT2D eigenvalue weighted by molar-refractivity contribution is 5.94. The third-order valence-electron chi connectivity index (χ3n) is 4.85. The van der Waals surface area contributed by atoms with Gasteiger partial charge in [-0.2, -0.15) is 0 Å². The zero-order valence-corrected chi connectivity index (χ0v) is 18.5. The average Bonchev–Trinajstić information content (AvgIpc) is 2.78. The fourth-order valence-corrected chi connectivity index (χ4v) is 2.85. The minimum Gasteiger partial charge on any atom is -0.508 e. The lowest BCUT2D eigenvalue weighted by Gasteiger charge is -2.24. The number of carboxylic acid groups (broad SMARTS) is 1. The number of aromatic hydroxyl groups is 1. The molecule has 1 aromatic rings. The van der Waals surface area contributed by atoms with Crippen molar-refractivity contribution in [2.24, 2.45) is 11.5 Å². The molecule has 33 heavy (non-hydrogen) atoms. The summed E-state index contributed by atoms with van der Waals surface area (Å²) in [6.07, 6.45) is 1.32. The first-order valence-electron chi connectivity index (χ1n) is 10.6. The summed E-state index contributed by atoms with van der Waals surface area (Å²) in [4.78, 5) is 48.9. The lowest BCUT2D eigenvalue weighted by Crippen LogP contribution is -2.57. The number of carbonyl (C=O) groups is 4. The Hall–Kier alpha value is -3.22. The Bertz CT molecular complexity index is 803. The molecule has 0 saturated heterocycles. The van der Waals surface area contributed by atoms with Crippen molar-refractivity contribution in [1.29, 1.82) is 0 Å². The molecule has 0 aliphatic rings. The molecule has 10 N–H and O–H groups in total. The van der Waals surface area contributed by atoms with Crippen LogP contribution in [-0.2, 0) is 25.6 Å². The Kier molecular flexibility index (Phi) is 11.8. The Labute approximate surface area is 191 Å². The van der Waals surface area contributed by atoms with Gasteiger partial charge in [0.25, 0.3) is 0 Å². The van der Waals surface area contributed by atoms with Crippen LogP contribution in [0.4, 0.5) is 0 Å². The second-order valence-corrected chi connectivity index (χ2v) is 7.63. The molecule has 12 heteroatoms. The molecule has 0 aromatic heterocycles. The van der Waals surface area contributed by atoms with Gasteiger partial charge in [-0.05, 0) is 50.4 Å². The minimum absolute atomic E-state index is 0.00378. The number of phenolic OH excluding ortho intramolecular Hbond substituents is 1. The van der Waals surface area contributed by atoms with Crippen molar-refractivity contribution in [3.63, 3.8) is 0 Å². The number of aliphatic carboxylic acids is 1. The van der Waals surface area contributed by atoms with E-state index < -0.39 is 54.5 Å². The predicted molar refractivity (Wildman–Crippen MR) is 119 cm³/mol. The largest absolute Gasteiger partial charge is 0.508 e. The first-order chi connectivity index (χ1) is 15.6. The second-order valence-electron chi connectivity index (χ2n) is 7.63. The molecule has 0 aliphatic heterocycles. The van der Waals surface area contributed by atoms with E-state index in [4.69, 9.17) is 21.7 Å². The normalized spacial score (nSPS) is 14.4. The standard InChI is InChI=1S/C21H33N5O7/c1-12(21(32)33)24-20(31)17(10-13-5-7-14(28)8-6-13)26-19(30)16(4-2-3-9-22)25-18(29)15(23)11-27/h5-8,12,15-17,27-28H,2-4,9-11,22-23H2,1H3,(H,24,31)(H,25,29)(H,26,30)(H,32,33). The van der Waals surface area contributed by atoms with E-state index in [0.717, 1.165) is 0 Å². The molecule has 0 aliphatic carbocycles. The first kappa shape index (κ1) is 27.8. The van der Waals surface area contributed by atoms with Gasteiger partial charge < -0.3 is 42.7 Å². The molecule has 184 valence electrons. The van der Waals surface area contributed by atoms with Crippen LogP contribution in [-0.4, -0.2) is 76.3 Å². The van der Waals surface area contributed by atoms with Gasteiger partial charge in [0, 0.05) is 6.42 Å². The van der Waals surface area contributed by atoms with Gasteiger partial charge in [-0.3, -0.25) is 19.2 Å². The highest BCUT2D eigenvalue weighted by atomic mass is 16.4. The van der Waals surface area contributed by atoms with Crippen LogP contribution in [0.2, 0.25) is 0 Å². The van der Waals surface area contributed by atoms with Crippen molar-refractivity contribution in [1.82, 2.24) is 16.0 Å². The quantitative estimate of drug-likeness (QED) is 0.141. The van der Waals surface area contributed by atoms with E-state index in [1.807, 2.05) is 0 Å². The number of hydrogen-bond acceptors (Lipinski definition) is 8. The molecule has 0 spiro atoms. The van der Waals surface area contributed by atoms with Gasteiger partial charge in [-0.15, -0.1) is 0 Å². The van der Waals surface area contributed by atoms with E-state index in [1.165, 1.54) is 19.1 Å². The number of carbonyl (C=O) groups excluding carboxylic acids is 3. The Morgan fingerprint density at radius 2 is 1.52 bits per heavy atom. The molecule has 4 atom stereocenters. The van der Waals surface area contributed by atoms with Gasteiger partial charge >= 0.3 is 5.97 Å². The maximum absolute atomic E-state index is 13.0. The maximum Gasteiger partial charge on any atom is 0.325 e. The molecule has 12 nitrogen and oxygen atoms in total. The number of rotatable bonds is 14. The summed E-state index contributed by atoms with van der Waals surface area (Å²) in [6.45, 7) is 1.06. The number of phenols is 1. The average molecular weight is 468 g/mol. The summed E-state index contributed by atoms with van der Waals surface area (Å²) in [5.74, 6) is -3.36. The summed E-state index contributed by atoms with van der Waals surface area (Å²) in [6, 6.07) is 1.32. The number of hydrogen-bond donors (Lipinski definition) is 8. The highest BCUT2D eigenvalue weighted by Crippen LogP contribution is 2.12. The number of benzene rings is 1. The van der Waals surface area contributed by atoms with Crippen LogP contribution in [0.25, 0.3) is 0 Å². The van der Waals surface area contributed by atoms with Crippen LogP contribution in [0, 0.1) is 0 Å². The van der Waals surface area contributed by atoms with E-state index in [2.05, 4.69) is 16.0 Å². The molecule has 4 unspecified atom stereocenters. The minimum atomic E-state index is -1.25. The molecule has 0 heterocycles. The lowest BCUT2D eigenvalue weighted by molar-refractivity contribution is -0.141. The predicted octanol–water partition coefficient (Wildman–Crippen LogP) is -2.06. The highest BCUT2D eigenvalue weighted by Gasteiger charge is 2.29. The third kappa shape index (κ3) is 9.85. The van der Waals surface area contributed by atoms with Gasteiger partial charge in [0.15, 0.2) is 0 Å². The van der Waals surface area contributed by atoms with E-state index >= 15 is 0 Å². The van der Waals surface area contributed by atoms with Crippen molar-refractivity contribution >= 4 is 23.7 Å². The molecule has 0 saturated carbocycles. The Morgan fingerprint density at radius 3 is 2.06 bits per heavy atom. The van der Waals surface area contributed by atoms with E-state index in [1.54, 1.807) is 12.1 Å². The topological polar surface area (TPSA) is 217 Å². The number of aliphatic hydroxyl groups is 1. The molecular formula is C21H33N5O7. The Balaban J connectivity index is 3.05. The van der Waals surface area contributed by atoms with Crippen molar-refractivity contribution in [2.75, 3.05) is 13.2 Å². The molecule has 0 radical (unpaired) electrons. The van der Waals surface area contributed by atoms with E-state index in [9.17, 15) is 24.3 Å². The lowest BCUT2D eigenvalue weighted by atomic mass is 10.0. The van der Waals surface area contributed by atoms with Gasteiger partial charge in [0.05, 0.1) is 6.61 Å². The van der Waals surface area contributed by atoms with E-state index in [-0.39, 0.29) is 18.6 Å². The van der Waals surface area contributed by atoms with Crippen molar-refractivity contribution in [3.05, 3.63) is 29.8 Å². The zero-order chi connectivity index (χ0) is 25.0. The first-order valence-corrected chi connectivity index (χ1v) is 10.6. The van der Waals surface area contributed by atoms with Crippen LogP contribution < -0.4 is 27.4 Å². The number of aliphatic hydroxyl groups excluding tert-OH is 1. The molecule has 0 fully saturated rings. The summed E-state index contributed by atoms with van der Waals surface area (Å²) in [7, 11) is 0. The summed E-state index contributed by atoms with van der Waals surface area (Å²) >= 11 is 0. The maximum atomic E-state index is 13.0. The van der Waals surface area contributed by atoms with Crippen LogP contribution in [0.3, 0.4) is 0 Å². The van der Waals surface area contributed by atoms with Gasteiger partial charge in [-0.1, -0.05) is 12.1 Å². The van der Waals surface area contributed by atoms with Gasteiger partial charge in [0.2, 0.25) is 17.7 Å². The number of amides is 3. The molecular weight excluding hydrogens is 434 g/mol. The summed E-state index contributed by atoms with van der Waals surface area (Å²) < 4.78 is 0. The van der Waals surface area contributed by atoms with Gasteiger partial charge in [-0.25, -0.2) is 0 Å². The smallest absolute Gasteiger partial charge is 0.325 e. The second kappa shape index (κ2) is 14.0. The summed E-state index contributed by atoms with van der Waals surface area (Å²) in [5.41, 5.74) is 11.6. The molecule has 1 aromatic carbocycles. The number of nitrogens with one attached hydrogen (secondary N) is 3. The monoisotopic (exact) mass is 467 g/mol. The van der Waals surface area contributed by atoms with Crippen molar-refractivity contribution in [2.45, 2.75) is 56.8 Å². The fraction of sp³-hybridized carbons (Fsp3) is 0.524. The molecule has 1 rings (SSSR count). The zero-order valence-electron chi connectivity index (χ0n) is 18.5. The summed E-state index contributed by atoms with van der Waals surface area (Å²) in [5, 5.41) is 35.0.